The second-order valence-electron chi connectivity index (χ2n) is 7.47. The Bertz CT molecular complexity index is 604. The number of guanidine groups is 1. The van der Waals surface area contributed by atoms with Gasteiger partial charge in [0, 0.05) is 50.3 Å². The van der Waals surface area contributed by atoms with Crippen molar-refractivity contribution < 1.29 is 4.74 Å². The summed E-state index contributed by atoms with van der Waals surface area (Å²) >= 11 is 6.55. The largest absolute Gasteiger partial charge is 0.381 e. The fourth-order valence-corrected chi connectivity index (χ4v) is 4.49. The Morgan fingerprint density at radius 3 is 2.73 bits per heavy atom. The highest BCUT2D eigenvalue weighted by Gasteiger charge is 2.36. The summed E-state index contributed by atoms with van der Waals surface area (Å²) in [5, 5.41) is 4.51. The van der Waals surface area contributed by atoms with Crippen molar-refractivity contribution in [3.8, 4) is 0 Å². The van der Waals surface area contributed by atoms with E-state index in [-0.39, 0.29) is 29.4 Å². The van der Waals surface area contributed by atoms with E-state index in [0.29, 0.717) is 0 Å². The van der Waals surface area contributed by atoms with Crippen LogP contribution in [-0.2, 0) is 10.2 Å². The molecule has 2 aliphatic rings. The molecular weight excluding hydrogens is 461 g/mol. The predicted octanol–water partition coefficient (Wildman–Crippen LogP) is 4.31. The van der Waals surface area contributed by atoms with Gasteiger partial charge in [0.05, 0.1) is 0 Å². The van der Waals surface area contributed by atoms with Gasteiger partial charge >= 0.3 is 0 Å². The molecule has 0 saturated carbocycles. The molecule has 0 radical (unpaired) electrons. The molecule has 1 aromatic carbocycles. The van der Waals surface area contributed by atoms with Gasteiger partial charge in [0.25, 0.3) is 0 Å². The van der Waals surface area contributed by atoms with Crippen LogP contribution in [0, 0.1) is 5.92 Å². The average Bonchev–Trinajstić information content (AvgIpc) is 2.63. The zero-order valence-corrected chi connectivity index (χ0v) is 18.9. The first kappa shape index (κ1) is 21.8. The fraction of sp³-hybridized carbons (Fsp3) is 0.650. The highest BCUT2D eigenvalue weighted by molar-refractivity contribution is 14.0. The molecule has 1 atom stereocenters. The molecule has 2 saturated heterocycles. The van der Waals surface area contributed by atoms with Crippen LogP contribution >= 0.6 is 35.6 Å². The Morgan fingerprint density at radius 1 is 1.35 bits per heavy atom. The van der Waals surface area contributed by atoms with Gasteiger partial charge in [0.1, 0.15) is 0 Å². The molecule has 0 bridgehead atoms. The van der Waals surface area contributed by atoms with E-state index in [0.717, 1.165) is 62.6 Å². The number of hydrogen-bond donors (Lipinski definition) is 1. The van der Waals surface area contributed by atoms with Gasteiger partial charge in [-0.25, -0.2) is 0 Å². The Kier molecular flexibility index (Phi) is 8.48. The van der Waals surface area contributed by atoms with E-state index in [2.05, 4.69) is 34.3 Å². The average molecular weight is 492 g/mol. The Hall–Kier alpha value is -0.530. The minimum Gasteiger partial charge on any atom is -0.381 e. The Labute approximate surface area is 179 Å². The van der Waals surface area contributed by atoms with E-state index in [1.807, 2.05) is 19.2 Å². The Morgan fingerprint density at radius 2 is 2.08 bits per heavy atom. The standard InChI is InChI=1S/C20H30ClN3O.HI/c1-16-6-5-11-24(14-16)19(22-2)23-15-20(9-12-25-13-10-20)17-7-3-4-8-18(17)21;/h3-4,7-8,16H,5-6,9-15H2,1-2H3,(H,22,23);1H. The number of piperidine rings is 1. The molecule has 4 nitrogen and oxygen atoms in total. The van der Waals surface area contributed by atoms with Crippen molar-refractivity contribution >= 4 is 41.5 Å². The maximum absolute atomic E-state index is 6.55. The lowest BCUT2D eigenvalue weighted by Crippen LogP contribution is -2.51. The summed E-state index contributed by atoms with van der Waals surface area (Å²) in [6.45, 7) is 6.91. The van der Waals surface area contributed by atoms with Crippen LogP contribution < -0.4 is 5.32 Å². The number of hydrogen-bond acceptors (Lipinski definition) is 2. The minimum atomic E-state index is 0. The maximum atomic E-state index is 6.55. The van der Waals surface area contributed by atoms with Gasteiger partial charge in [-0.3, -0.25) is 4.99 Å². The lowest BCUT2D eigenvalue weighted by molar-refractivity contribution is 0.0511. The van der Waals surface area contributed by atoms with Crippen molar-refractivity contribution in [2.45, 2.75) is 38.0 Å². The van der Waals surface area contributed by atoms with E-state index >= 15 is 0 Å². The van der Waals surface area contributed by atoms with E-state index in [1.165, 1.54) is 18.4 Å². The summed E-state index contributed by atoms with van der Waals surface area (Å²) in [7, 11) is 1.88. The lowest BCUT2D eigenvalue weighted by Gasteiger charge is -2.40. The highest BCUT2D eigenvalue weighted by atomic mass is 127. The van der Waals surface area contributed by atoms with Gasteiger partial charge in [0.15, 0.2) is 5.96 Å². The SMILES string of the molecule is CN=C(NCC1(c2ccccc2Cl)CCOCC1)N1CCCC(C)C1.I. The monoisotopic (exact) mass is 491 g/mol. The smallest absolute Gasteiger partial charge is 0.193 e. The molecule has 0 aromatic heterocycles. The fourth-order valence-electron chi connectivity index (χ4n) is 4.16. The lowest BCUT2D eigenvalue weighted by atomic mass is 9.74. The van der Waals surface area contributed by atoms with Gasteiger partial charge in [-0.15, -0.1) is 24.0 Å². The zero-order valence-electron chi connectivity index (χ0n) is 15.8. The second kappa shape index (κ2) is 10.1. The van der Waals surface area contributed by atoms with Crippen molar-refractivity contribution in [3.05, 3.63) is 34.9 Å². The van der Waals surface area contributed by atoms with Gasteiger partial charge in [-0.1, -0.05) is 36.7 Å². The summed E-state index contributed by atoms with van der Waals surface area (Å²) in [5.74, 6) is 1.75. The topological polar surface area (TPSA) is 36.9 Å². The van der Waals surface area contributed by atoms with Gasteiger partial charge in [-0.2, -0.15) is 0 Å². The molecular formula is C20H31ClIN3O. The first-order valence-electron chi connectivity index (χ1n) is 9.43. The molecule has 1 aromatic rings. The van der Waals surface area contributed by atoms with Crippen LogP contribution in [0.3, 0.4) is 0 Å². The molecule has 2 heterocycles. The molecule has 0 spiro atoms. The van der Waals surface area contributed by atoms with Crippen LogP contribution in [0.4, 0.5) is 0 Å². The second-order valence-corrected chi connectivity index (χ2v) is 7.87. The zero-order chi connectivity index (χ0) is 17.7. The third-order valence-electron chi connectivity index (χ3n) is 5.65. The van der Waals surface area contributed by atoms with Crippen molar-refractivity contribution in [2.75, 3.05) is 39.9 Å². The van der Waals surface area contributed by atoms with Crippen molar-refractivity contribution in [3.63, 3.8) is 0 Å². The van der Waals surface area contributed by atoms with E-state index in [1.54, 1.807) is 0 Å². The molecule has 6 heteroatoms. The van der Waals surface area contributed by atoms with Crippen LogP contribution in [0.25, 0.3) is 0 Å². The summed E-state index contributed by atoms with van der Waals surface area (Å²) < 4.78 is 5.64. The highest BCUT2D eigenvalue weighted by Crippen LogP contribution is 2.38. The quantitative estimate of drug-likeness (QED) is 0.389. The number of rotatable bonds is 3. The third kappa shape index (κ3) is 5.04. The molecule has 1 unspecified atom stereocenters. The number of nitrogens with one attached hydrogen (secondary N) is 1. The number of likely N-dealkylation sites (tertiary alicyclic amines) is 1. The molecule has 26 heavy (non-hydrogen) atoms. The normalized spacial score (nSPS) is 23.3. The van der Waals surface area contributed by atoms with Crippen molar-refractivity contribution in [2.24, 2.45) is 10.9 Å². The first-order chi connectivity index (χ1) is 12.1. The molecule has 146 valence electrons. The van der Waals surface area contributed by atoms with Crippen LogP contribution in [0.15, 0.2) is 29.3 Å². The van der Waals surface area contributed by atoms with Crippen molar-refractivity contribution in [1.82, 2.24) is 10.2 Å². The third-order valence-corrected chi connectivity index (χ3v) is 5.98. The predicted molar refractivity (Wildman–Crippen MR) is 120 cm³/mol. The van der Waals surface area contributed by atoms with Crippen LogP contribution in [-0.4, -0.2) is 50.8 Å². The summed E-state index contributed by atoms with van der Waals surface area (Å²) in [6, 6.07) is 8.25. The number of aliphatic imine (C=N–C) groups is 1. The van der Waals surface area contributed by atoms with Crippen molar-refractivity contribution in [1.29, 1.82) is 0 Å². The number of nitrogens with zero attached hydrogens (tertiary/aromatic N) is 2. The maximum Gasteiger partial charge on any atom is 0.193 e. The molecule has 2 fully saturated rings. The number of halogens is 2. The van der Waals surface area contributed by atoms with Crippen LogP contribution in [0.5, 0.6) is 0 Å². The molecule has 3 rings (SSSR count). The summed E-state index contributed by atoms with van der Waals surface area (Å²) in [5.41, 5.74) is 1.24. The van der Waals surface area contributed by atoms with E-state index in [9.17, 15) is 0 Å². The summed E-state index contributed by atoms with van der Waals surface area (Å²) in [4.78, 5) is 6.94. The minimum absolute atomic E-state index is 0. The van der Waals surface area contributed by atoms with E-state index in [4.69, 9.17) is 16.3 Å². The van der Waals surface area contributed by atoms with Gasteiger partial charge < -0.3 is 15.0 Å². The van der Waals surface area contributed by atoms with Crippen LogP contribution in [0.1, 0.15) is 38.2 Å². The number of ether oxygens (including phenoxy) is 1. The molecule has 0 amide bonds. The van der Waals surface area contributed by atoms with Gasteiger partial charge in [0.2, 0.25) is 0 Å². The Balaban J connectivity index is 0.00000243. The summed E-state index contributed by atoms with van der Waals surface area (Å²) in [6.07, 6.45) is 4.52. The number of benzene rings is 1. The molecule has 1 N–H and O–H groups in total. The van der Waals surface area contributed by atoms with Crippen LogP contribution in [0.2, 0.25) is 5.02 Å². The molecule has 0 aliphatic carbocycles. The molecule has 2 aliphatic heterocycles. The van der Waals surface area contributed by atoms with Gasteiger partial charge in [-0.05, 0) is 43.2 Å². The van der Waals surface area contributed by atoms with E-state index < -0.39 is 0 Å². The first-order valence-corrected chi connectivity index (χ1v) is 9.81.